The number of nitrogens with zero attached hydrogens (tertiary/aromatic N) is 3. The second kappa shape index (κ2) is 7.25. The summed E-state index contributed by atoms with van der Waals surface area (Å²) in [5.74, 6) is 1.83. The lowest BCUT2D eigenvalue weighted by Gasteiger charge is -2.13. The Labute approximate surface area is 173 Å². The molecule has 0 amide bonds. The first-order valence-electron chi connectivity index (χ1n) is 9.23. The second-order valence-corrected chi connectivity index (χ2v) is 7.13. The molecule has 0 saturated heterocycles. The van der Waals surface area contributed by atoms with Crippen molar-refractivity contribution in [3.8, 4) is 33.4 Å². The minimum atomic E-state index is 0.346. The zero-order valence-corrected chi connectivity index (χ0v) is 16.4. The number of nitrogen functional groups attached to an aromatic ring is 5. The third kappa shape index (κ3) is 3.93. The van der Waals surface area contributed by atoms with Crippen LogP contribution in [0.1, 0.15) is 5.69 Å². The van der Waals surface area contributed by atoms with Crippen molar-refractivity contribution in [3.05, 3.63) is 60.3 Å². The van der Waals surface area contributed by atoms with E-state index in [9.17, 15) is 0 Å². The molecule has 0 fully saturated rings. The maximum atomic E-state index is 5.98. The molecule has 0 aliphatic rings. The predicted molar refractivity (Wildman–Crippen MR) is 123 cm³/mol. The molecule has 0 saturated carbocycles. The standard InChI is InChI=1S/C22H22N8/c1-11-2-12(6-18(23)28-11)13-3-14(16-7-19(24)29-20(25)8-16)5-15(4-13)17-9-21(26)30-22(27)10-17/h2-10H,1H3,(H2,23,28)(H4,24,25,29)(H4,26,27,30). The summed E-state index contributed by atoms with van der Waals surface area (Å²) in [4.78, 5) is 12.4. The topological polar surface area (TPSA) is 169 Å². The number of nitrogens with two attached hydrogens (primary N) is 5. The van der Waals surface area contributed by atoms with E-state index in [-0.39, 0.29) is 0 Å². The Morgan fingerprint density at radius 3 is 1.00 bits per heavy atom. The molecule has 0 aliphatic heterocycles. The predicted octanol–water partition coefficient (Wildman–Crippen LogP) is 3.09. The average Bonchev–Trinajstić information content (AvgIpc) is 2.65. The molecule has 0 spiro atoms. The molecule has 1 aromatic carbocycles. The lowest BCUT2D eigenvalue weighted by Crippen LogP contribution is -1.98. The van der Waals surface area contributed by atoms with Gasteiger partial charge in [0, 0.05) is 5.69 Å². The van der Waals surface area contributed by atoms with Crippen molar-refractivity contribution in [2.75, 3.05) is 28.7 Å². The lowest BCUT2D eigenvalue weighted by atomic mass is 9.93. The normalized spacial score (nSPS) is 10.8. The summed E-state index contributed by atoms with van der Waals surface area (Å²) in [5, 5.41) is 0. The van der Waals surface area contributed by atoms with Gasteiger partial charge in [-0.25, -0.2) is 15.0 Å². The van der Waals surface area contributed by atoms with E-state index in [1.165, 1.54) is 0 Å². The van der Waals surface area contributed by atoms with E-state index in [0.29, 0.717) is 29.1 Å². The van der Waals surface area contributed by atoms with Gasteiger partial charge in [-0.3, -0.25) is 0 Å². The molecule has 0 radical (unpaired) electrons. The molecule has 3 heterocycles. The van der Waals surface area contributed by atoms with Crippen molar-refractivity contribution in [2.45, 2.75) is 6.92 Å². The van der Waals surface area contributed by atoms with Crippen LogP contribution in [0, 0.1) is 6.92 Å². The number of aromatic nitrogens is 3. The Morgan fingerprint density at radius 1 is 0.400 bits per heavy atom. The number of anilines is 5. The van der Waals surface area contributed by atoms with Gasteiger partial charge in [-0.1, -0.05) is 0 Å². The quantitative estimate of drug-likeness (QED) is 0.350. The van der Waals surface area contributed by atoms with Crippen LogP contribution in [0.2, 0.25) is 0 Å². The number of hydrogen-bond donors (Lipinski definition) is 5. The van der Waals surface area contributed by atoms with Gasteiger partial charge in [-0.15, -0.1) is 0 Å². The zero-order chi connectivity index (χ0) is 21.4. The van der Waals surface area contributed by atoms with Crippen molar-refractivity contribution >= 4 is 29.1 Å². The van der Waals surface area contributed by atoms with E-state index in [1.807, 2.05) is 37.3 Å². The van der Waals surface area contributed by atoms with E-state index < -0.39 is 0 Å². The maximum Gasteiger partial charge on any atom is 0.126 e. The average molecular weight is 398 g/mol. The Bertz CT molecular complexity index is 1040. The van der Waals surface area contributed by atoms with Crippen LogP contribution in [0.3, 0.4) is 0 Å². The first-order valence-corrected chi connectivity index (χ1v) is 9.23. The van der Waals surface area contributed by atoms with Crippen molar-refractivity contribution in [1.82, 2.24) is 15.0 Å². The molecule has 0 aliphatic carbocycles. The van der Waals surface area contributed by atoms with E-state index in [2.05, 4.69) is 15.0 Å². The Kier molecular flexibility index (Phi) is 4.59. The molecular formula is C22H22N8. The molecule has 3 aromatic heterocycles. The van der Waals surface area contributed by atoms with Crippen molar-refractivity contribution in [3.63, 3.8) is 0 Å². The van der Waals surface area contributed by atoms with Crippen LogP contribution < -0.4 is 28.7 Å². The maximum absolute atomic E-state index is 5.98. The summed E-state index contributed by atoms with van der Waals surface area (Å²) < 4.78 is 0. The van der Waals surface area contributed by atoms with E-state index in [0.717, 1.165) is 39.1 Å². The SMILES string of the molecule is Cc1cc(-c2cc(-c3cc(N)nc(N)c3)cc(-c3cc(N)nc(N)c3)c2)cc(N)n1. The van der Waals surface area contributed by atoms with Gasteiger partial charge in [-0.05, 0) is 94.9 Å². The van der Waals surface area contributed by atoms with Crippen LogP contribution in [0.5, 0.6) is 0 Å². The molecule has 4 aromatic rings. The Hall–Kier alpha value is -4.33. The molecule has 8 heteroatoms. The summed E-state index contributed by atoms with van der Waals surface area (Å²) in [5.41, 5.74) is 35.9. The second-order valence-electron chi connectivity index (χ2n) is 7.13. The molecule has 150 valence electrons. The highest BCUT2D eigenvalue weighted by Crippen LogP contribution is 2.35. The third-order valence-corrected chi connectivity index (χ3v) is 4.64. The number of aryl methyl sites for hydroxylation is 1. The van der Waals surface area contributed by atoms with Gasteiger partial charge in [0.15, 0.2) is 0 Å². The summed E-state index contributed by atoms with van der Waals surface area (Å²) in [6.45, 7) is 1.90. The minimum absolute atomic E-state index is 0.346. The fourth-order valence-electron chi connectivity index (χ4n) is 3.47. The van der Waals surface area contributed by atoms with Crippen molar-refractivity contribution in [2.24, 2.45) is 0 Å². The Morgan fingerprint density at radius 2 is 0.667 bits per heavy atom. The molecule has 4 rings (SSSR count). The van der Waals surface area contributed by atoms with E-state index in [4.69, 9.17) is 28.7 Å². The van der Waals surface area contributed by atoms with Crippen LogP contribution in [-0.2, 0) is 0 Å². The summed E-state index contributed by atoms with van der Waals surface area (Å²) in [6, 6.07) is 17.0. The molecule has 10 N–H and O–H groups in total. The van der Waals surface area contributed by atoms with Gasteiger partial charge in [0.1, 0.15) is 29.1 Å². The molecule has 0 unspecified atom stereocenters. The van der Waals surface area contributed by atoms with Crippen LogP contribution >= 0.6 is 0 Å². The Balaban J connectivity index is 1.98. The zero-order valence-electron chi connectivity index (χ0n) is 16.4. The summed E-state index contributed by atoms with van der Waals surface area (Å²) >= 11 is 0. The number of benzene rings is 1. The lowest BCUT2D eigenvalue weighted by molar-refractivity contribution is 1.21. The molecular weight excluding hydrogens is 376 g/mol. The van der Waals surface area contributed by atoms with Crippen LogP contribution in [-0.4, -0.2) is 15.0 Å². The van der Waals surface area contributed by atoms with Gasteiger partial charge < -0.3 is 28.7 Å². The fraction of sp³-hybridized carbons (Fsp3) is 0.0455. The monoisotopic (exact) mass is 398 g/mol. The van der Waals surface area contributed by atoms with Gasteiger partial charge in [0.25, 0.3) is 0 Å². The first-order chi connectivity index (χ1) is 14.3. The highest BCUT2D eigenvalue weighted by Gasteiger charge is 2.11. The van der Waals surface area contributed by atoms with Crippen molar-refractivity contribution < 1.29 is 0 Å². The van der Waals surface area contributed by atoms with Crippen LogP contribution in [0.15, 0.2) is 54.6 Å². The summed E-state index contributed by atoms with van der Waals surface area (Å²) in [7, 11) is 0. The number of pyridine rings is 3. The van der Waals surface area contributed by atoms with Crippen LogP contribution in [0.25, 0.3) is 33.4 Å². The first kappa shape index (κ1) is 19.0. The molecule has 0 atom stereocenters. The van der Waals surface area contributed by atoms with E-state index >= 15 is 0 Å². The number of hydrogen-bond acceptors (Lipinski definition) is 8. The van der Waals surface area contributed by atoms with Crippen molar-refractivity contribution in [1.29, 1.82) is 0 Å². The molecule has 30 heavy (non-hydrogen) atoms. The van der Waals surface area contributed by atoms with Gasteiger partial charge in [0.2, 0.25) is 0 Å². The molecule has 0 bridgehead atoms. The fourth-order valence-corrected chi connectivity index (χ4v) is 3.47. The third-order valence-electron chi connectivity index (χ3n) is 4.64. The molecule has 8 nitrogen and oxygen atoms in total. The highest BCUT2D eigenvalue weighted by molar-refractivity contribution is 5.83. The van der Waals surface area contributed by atoms with E-state index in [1.54, 1.807) is 24.3 Å². The van der Waals surface area contributed by atoms with Gasteiger partial charge in [0.05, 0.1) is 0 Å². The van der Waals surface area contributed by atoms with Gasteiger partial charge in [-0.2, -0.15) is 0 Å². The number of rotatable bonds is 3. The largest absolute Gasteiger partial charge is 0.384 e. The smallest absolute Gasteiger partial charge is 0.126 e. The van der Waals surface area contributed by atoms with Gasteiger partial charge >= 0.3 is 0 Å². The minimum Gasteiger partial charge on any atom is -0.384 e. The summed E-state index contributed by atoms with van der Waals surface area (Å²) in [6.07, 6.45) is 0. The van der Waals surface area contributed by atoms with Crippen LogP contribution in [0.4, 0.5) is 29.1 Å². The highest BCUT2D eigenvalue weighted by atomic mass is 14.9.